The van der Waals surface area contributed by atoms with Gasteiger partial charge < -0.3 is 15.4 Å². The second-order valence-electron chi connectivity index (χ2n) is 5.96. The van der Waals surface area contributed by atoms with Crippen molar-refractivity contribution < 1.29 is 27.1 Å². The Kier molecular flexibility index (Phi) is 6.93. The van der Waals surface area contributed by atoms with Crippen LogP contribution in [0.1, 0.15) is 18.1 Å². The van der Waals surface area contributed by atoms with E-state index in [4.69, 9.17) is 16.9 Å². The first-order chi connectivity index (χ1) is 13.7. The second kappa shape index (κ2) is 9.19. The SMILES string of the molecule is C#CCN(Cc1ccc(C(F)(F)F)cc1)c1ccc(NC(=O)OCC)c(N)c1F. The number of hydrogen-bond donors (Lipinski definition) is 2. The zero-order valence-corrected chi connectivity index (χ0v) is 15.5. The summed E-state index contributed by atoms with van der Waals surface area (Å²) in [4.78, 5) is 13.0. The molecule has 154 valence electrons. The molecule has 0 radical (unpaired) electrons. The lowest BCUT2D eigenvalue weighted by atomic mass is 10.1. The minimum atomic E-state index is -4.45. The normalized spacial score (nSPS) is 10.9. The number of nitrogens with one attached hydrogen (secondary N) is 1. The first-order valence-corrected chi connectivity index (χ1v) is 8.53. The third kappa shape index (κ3) is 5.54. The summed E-state index contributed by atoms with van der Waals surface area (Å²) in [7, 11) is 0. The summed E-state index contributed by atoms with van der Waals surface area (Å²) in [6.07, 6.45) is 0.125. The number of terminal acetylenes is 1. The van der Waals surface area contributed by atoms with Gasteiger partial charge in [0.2, 0.25) is 0 Å². The number of nitrogens with zero attached hydrogens (tertiary/aromatic N) is 1. The molecule has 0 saturated heterocycles. The van der Waals surface area contributed by atoms with E-state index < -0.39 is 23.7 Å². The molecule has 1 amide bonds. The van der Waals surface area contributed by atoms with E-state index in [9.17, 15) is 22.4 Å². The van der Waals surface area contributed by atoms with Crippen molar-refractivity contribution in [3.05, 3.63) is 53.3 Å². The zero-order valence-electron chi connectivity index (χ0n) is 15.5. The van der Waals surface area contributed by atoms with Gasteiger partial charge in [-0.15, -0.1) is 6.42 Å². The van der Waals surface area contributed by atoms with E-state index in [2.05, 4.69) is 11.2 Å². The Morgan fingerprint density at radius 2 is 1.90 bits per heavy atom. The molecule has 0 unspecified atom stereocenters. The Morgan fingerprint density at radius 1 is 1.24 bits per heavy atom. The minimum Gasteiger partial charge on any atom is -0.450 e. The number of alkyl halides is 3. The van der Waals surface area contributed by atoms with Gasteiger partial charge in [-0.05, 0) is 36.8 Å². The molecule has 5 nitrogen and oxygen atoms in total. The van der Waals surface area contributed by atoms with Gasteiger partial charge in [0.05, 0.1) is 35.8 Å². The largest absolute Gasteiger partial charge is 0.450 e. The Hall–Kier alpha value is -3.41. The van der Waals surface area contributed by atoms with Crippen LogP contribution in [-0.2, 0) is 17.5 Å². The van der Waals surface area contributed by atoms with Crippen molar-refractivity contribution in [3.63, 3.8) is 0 Å². The van der Waals surface area contributed by atoms with Gasteiger partial charge >= 0.3 is 12.3 Å². The number of halogens is 4. The molecule has 29 heavy (non-hydrogen) atoms. The third-order valence-corrected chi connectivity index (χ3v) is 3.95. The lowest BCUT2D eigenvalue weighted by Gasteiger charge is -2.24. The van der Waals surface area contributed by atoms with Crippen LogP contribution < -0.4 is 16.0 Å². The molecular formula is C20H19F4N3O2. The van der Waals surface area contributed by atoms with Crippen molar-refractivity contribution >= 4 is 23.2 Å². The maximum atomic E-state index is 14.8. The fraction of sp³-hybridized carbons (Fsp3) is 0.250. The fourth-order valence-electron chi connectivity index (χ4n) is 2.57. The van der Waals surface area contributed by atoms with E-state index in [0.29, 0.717) is 5.56 Å². The van der Waals surface area contributed by atoms with E-state index >= 15 is 0 Å². The number of anilines is 3. The van der Waals surface area contributed by atoms with Crippen LogP contribution in [0.2, 0.25) is 0 Å². The molecule has 3 N–H and O–H groups in total. The van der Waals surface area contributed by atoms with E-state index in [1.54, 1.807) is 6.92 Å². The monoisotopic (exact) mass is 409 g/mol. The molecule has 0 atom stereocenters. The van der Waals surface area contributed by atoms with Gasteiger partial charge in [-0.3, -0.25) is 5.32 Å². The highest BCUT2D eigenvalue weighted by atomic mass is 19.4. The summed E-state index contributed by atoms with van der Waals surface area (Å²) < 4.78 is 57.7. The highest BCUT2D eigenvalue weighted by molar-refractivity contribution is 5.90. The predicted octanol–water partition coefficient (Wildman–Crippen LogP) is 4.63. The quantitative estimate of drug-likeness (QED) is 0.415. The molecule has 0 heterocycles. The molecule has 0 saturated carbocycles. The molecule has 0 bridgehead atoms. The van der Waals surface area contributed by atoms with Crippen molar-refractivity contribution in [1.29, 1.82) is 0 Å². The fourth-order valence-corrected chi connectivity index (χ4v) is 2.57. The van der Waals surface area contributed by atoms with Crippen LogP contribution in [0.5, 0.6) is 0 Å². The molecule has 2 aromatic rings. The lowest BCUT2D eigenvalue weighted by Crippen LogP contribution is -2.25. The first kappa shape index (κ1) is 21.9. The molecule has 9 heteroatoms. The summed E-state index contributed by atoms with van der Waals surface area (Å²) in [6.45, 7) is 1.80. The van der Waals surface area contributed by atoms with Crippen LogP contribution in [0.15, 0.2) is 36.4 Å². The van der Waals surface area contributed by atoms with Gasteiger partial charge in [-0.1, -0.05) is 18.1 Å². The van der Waals surface area contributed by atoms with E-state index in [-0.39, 0.29) is 36.8 Å². The molecule has 0 aliphatic rings. The van der Waals surface area contributed by atoms with Gasteiger partial charge in [0.15, 0.2) is 5.82 Å². The van der Waals surface area contributed by atoms with E-state index in [1.807, 2.05) is 0 Å². The molecule has 0 aliphatic heterocycles. The van der Waals surface area contributed by atoms with Crippen molar-refractivity contribution in [2.45, 2.75) is 19.6 Å². The number of carbonyl (C=O) groups is 1. The maximum absolute atomic E-state index is 14.8. The van der Waals surface area contributed by atoms with Crippen LogP contribution in [0.4, 0.5) is 39.4 Å². The second-order valence-corrected chi connectivity index (χ2v) is 5.96. The zero-order chi connectivity index (χ0) is 21.6. The highest BCUT2D eigenvalue weighted by Crippen LogP contribution is 2.32. The predicted molar refractivity (Wildman–Crippen MR) is 103 cm³/mol. The van der Waals surface area contributed by atoms with Crippen LogP contribution >= 0.6 is 0 Å². The third-order valence-electron chi connectivity index (χ3n) is 3.95. The minimum absolute atomic E-state index is 0.0119. The summed E-state index contributed by atoms with van der Waals surface area (Å²) in [6, 6.07) is 7.24. The number of amides is 1. The first-order valence-electron chi connectivity index (χ1n) is 8.53. The van der Waals surface area contributed by atoms with Crippen LogP contribution in [0.25, 0.3) is 0 Å². The molecule has 0 fully saturated rings. The van der Waals surface area contributed by atoms with Gasteiger partial charge in [0, 0.05) is 6.54 Å². The molecule has 0 spiro atoms. The van der Waals surface area contributed by atoms with Gasteiger partial charge in [-0.2, -0.15) is 13.2 Å². The Bertz CT molecular complexity index is 906. The van der Waals surface area contributed by atoms with Crippen molar-refractivity contribution in [2.24, 2.45) is 0 Å². The van der Waals surface area contributed by atoms with Crippen LogP contribution in [0, 0.1) is 18.2 Å². The number of rotatable bonds is 6. The number of nitrogens with two attached hydrogens (primary N) is 1. The van der Waals surface area contributed by atoms with Gasteiger partial charge in [0.25, 0.3) is 0 Å². The van der Waals surface area contributed by atoms with Crippen molar-refractivity contribution in [3.8, 4) is 12.3 Å². The molecular weight excluding hydrogens is 390 g/mol. The Morgan fingerprint density at radius 3 is 2.45 bits per heavy atom. The van der Waals surface area contributed by atoms with E-state index in [0.717, 1.165) is 12.1 Å². The van der Waals surface area contributed by atoms with Crippen molar-refractivity contribution in [2.75, 3.05) is 29.1 Å². The number of hydrogen-bond acceptors (Lipinski definition) is 4. The summed E-state index contributed by atoms with van der Waals surface area (Å²) in [5, 5.41) is 2.33. The van der Waals surface area contributed by atoms with E-state index in [1.165, 1.54) is 29.2 Å². The number of carbonyl (C=O) groups excluding carboxylic acids is 1. The number of nitrogen functional groups attached to an aromatic ring is 1. The number of ether oxygens (including phenoxy) is 1. The average molecular weight is 409 g/mol. The highest BCUT2D eigenvalue weighted by Gasteiger charge is 2.30. The summed E-state index contributed by atoms with van der Waals surface area (Å²) in [5.41, 5.74) is 5.26. The maximum Gasteiger partial charge on any atom is 0.416 e. The standard InChI is InChI=1S/C20H19F4N3O2/c1-3-11-27(12-13-5-7-14(8-6-13)20(22,23)24)16-10-9-15(18(25)17(16)21)26-19(28)29-4-2/h1,5-10H,4,11-12,25H2,2H3,(H,26,28). The Balaban J connectivity index is 2.27. The topological polar surface area (TPSA) is 67.6 Å². The summed E-state index contributed by atoms with van der Waals surface area (Å²) >= 11 is 0. The Labute approximate surface area is 165 Å². The van der Waals surface area contributed by atoms with Gasteiger partial charge in [-0.25, -0.2) is 9.18 Å². The smallest absolute Gasteiger partial charge is 0.416 e. The molecule has 2 aromatic carbocycles. The number of benzene rings is 2. The van der Waals surface area contributed by atoms with Crippen molar-refractivity contribution in [1.82, 2.24) is 0 Å². The van der Waals surface area contributed by atoms with Crippen LogP contribution in [0.3, 0.4) is 0 Å². The molecule has 0 aliphatic carbocycles. The summed E-state index contributed by atoms with van der Waals surface area (Å²) in [5.74, 6) is 1.56. The molecule has 2 rings (SSSR count). The average Bonchev–Trinajstić information content (AvgIpc) is 2.65. The molecule has 0 aromatic heterocycles. The van der Waals surface area contributed by atoms with Gasteiger partial charge in [0.1, 0.15) is 0 Å². The lowest BCUT2D eigenvalue weighted by molar-refractivity contribution is -0.137. The van der Waals surface area contributed by atoms with Crippen LogP contribution in [-0.4, -0.2) is 19.2 Å².